The highest BCUT2D eigenvalue weighted by Gasteiger charge is 2.38. The molecule has 1 aromatic rings. The first kappa shape index (κ1) is 28.5. The van der Waals surface area contributed by atoms with Crippen LogP contribution in [0.4, 0.5) is 4.79 Å². The molecule has 0 heterocycles. The largest absolute Gasteiger partial charge is 0.508 e. The van der Waals surface area contributed by atoms with Gasteiger partial charge in [-0.15, -0.1) is 0 Å². The van der Waals surface area contributed by atoms with Crippen LogP contribution in [0.2, 0.25) is 0 Å². The number of amides is 3. The van der Waals surface area contributed by atoms with E-state index in [0.29, 0.717) is 12.0 Å². The van der Waals surface area contributed by atoms with Gasteiger partial charge in [0.05, 0.1) is 0 Å². The van der Waals surface area contributed by atoms with E-state index >= 15 is 0 Å². The summed E-state index contributed by atoms with van der Waals surface area (Å²) in [5.41, 5.74) is -0.349. The number of phenolic OH excluding ortho intramolecular Hbond substituents is 1. The molecule has 196 valence electrons. The average molecular weight is 490 g/mol. The molecule has 1 saturated carbocycles. The molecule has 0 aliphatic heterocycles. The maximum absolute atomic E-state index is 13.9. The molecule has 3 N–H and O–H groups in total. The highest BCUT2D eigenvalue weighted by molar-refractivity contribution is 5.92. The Labute approximate surface area is 209 Å². The molecule has 1 fully saturated rings. The van der Waals surface area contributed by atoms with E-state index in [0.717, 1.165) is 32.1 Å². The van der Waals surface area contributed by atoms with E-state index in [4.69, 9.17) is 4.74 Å². The minimum absolute atomic E-state index is 0.0453. The molecule has 8 nitrogen and oxygen atoms in total. The number of nitrogens with one attached hydrogen (secondary N) is 2. The molecular formula is C27H43N3O5. The molecule has 0 saturated heterocycles. The summed E-state index contributed by atoms with van der Waals surface area (Å²) < 4.78 is 5.38. The summed E-state index contributed by atoms with van der Waals surface area (Å²) in [6.07, 6.45) is 4.97. The van der Waals surface area contributed by atoms with Crippen LogP contribution in [0, 0.1) is 5.92 Å². The Morgan fingerprint density at radius 2 is 1.74 bits per heavy atom. The van der Waals surface area contributed by atoms with Gasteiger partial charge in [0.15, 0.2) is 0 Å². The summed E-state index contributed by atoms with van der Waals surface area (Å²) in [5, 5.41) is 16.5. The van der Waals surface area contributed by atoms with E-state index in [1.807, 2.05) is 20.8 Å². The van der Waals surface area contributed by atoms with Crippen LogP contribution in [0.5, 0.6) is 5.75 Å². The maximum atomic E-state index is 13.9. The van der Waals surface area contributed by atoms with E-state index in [9.17, 15) is 19.5 Å². The van der Waals surface area contributed by atoms with Crippen molar-refractivity contribution in [3.05, 3.63) is 29.8 Å². The molecule has 1 aliphatic carbocycles. The van der Waals surface area contributed by atoms with Crippen molar-refractivity contribution in [3.63, 3.8) is 0 Å². The van der Waals surface area contributed by atoms with Gasteiger partial charge >= 0.3 is 6.09 Å². The number of rotatable bonds is 9. The lowest BCUT2D eigenvalue weighted by molar-refractivity contribution is -0.143. The van der Waals surface area contributed by atoms with Gasteiger partial charge in [-0.1, -0.05) is 58.2 Å². The minimum atomic E-state index is -1.02. The normalized spacial score (nSPS) is 16.3. The quantitative estimate of drug-likeness (QED) is 0.467. The summed E-state index contributed by atoms with van der Waals surface area (Å²) in [7, 11) is 0. The lowest BCUT2D eigenvalue weighted by Gasteiger charge is -2.36. The van der Waals surface area contributed by atoms with Crippen molar-refractivity contribution in [2.24, 2.45) is 5.92 Å². The third-order valence-electron chi connectivity index (χ3n) is 6.10. The van der Waals surface area contributed by atoms with Gasteiger partial charge in [0, 0.05) is 18.2 Å². The van der Waals surface area contributed by atoms with Crippen molar-refractivity contribution >= 4 is 17.9 Å². The van der Waals surface area contributed by atoms with Crippen LogP contribution in [-0.2, 0) is 14.3 Å². The number of alkyl carbamates (subject to hydrolysis) is 1. The molecule has 2 rings (SSSR count). The number of para-hydroxylation sites is 1. The average Bonchev–Trinajstić information content (AvgIpc) is 2.77. The lowest BCUT2D eigenvalue weighted by Crippen LogP contribution is -2.55. The van der Waals surface area contributed by atoms with E-state index < -0.39 is 23.8 Å². The number of carbonyl (C=O) groups is 3. The lowest BCUT2D eigenvalue weighted by atomic mass is 9.94. The van der Waals surface area contributed by atoms with Gasteiger partial charge in [0.25, 0.3) is 0 Å². The molecule has 0 bridgehead atoms. The molecule has 0 radical (unpaired) electrons. The molecule has 1 aromatic carbocycles. The zero-order chi connectivity index (χ0) is 26.2. The van der Waals surface area contributed by atoms with Gasteiger partial charge in [0.1, 0.15) is 23.4 Å². The number of ether oxygens (including phenoxy) is 1. The summed E-state index contributed by atoms with van der Waals surface area (Å²) >= 11 is 0. The number of aromatic hydroxyl groups is 1. The summed E-state index contributed by atoms with van der Waals surface area (Å²) in [6.45, 7) is 11.1. The molecule has 1 aliphatic rings. The molecular weight excluding hydrogens is 446 g/mol. The Morgan fingerprint density at radius 1 is 1.11 bits per heavy atom. The zero-order valence-corrected chi connectivity index (χ0v) is 22.1. The van der Waals surface area contributed by atoms with Crippen LogP contribution in [0.1, 0.15) is 91.7 Å². The number of hydrogen-bond acceptors (Lipinski definition) is 5. The minimum Gasteiger partial charge on any atom is -0.508 e. The summed E-state index contributed by atoms with van der Waals surface area (Å²) in [5.74, 6) is -1.01. The predicted octanol–water partition coefficient (Wildman–Crippen LogP) is 4.67. The zero-order valence-electron chi connectivity index (χ0n) is 22.1. The first-order valence-corrected chi connectivity index (χ1v) is 12.8. The first-order valence-electron chi connectivity index (χ1n) is 12.8. The smallest absolute Gasteiger partial charge is 0.408 e. The topological polar surface area (TPSA) is 108 Å². The van der Waals surface area contributed by atoms with Gasteiger partial charge in [0.2, 0.25) is 11.8 Å². The predicted molar refractivity (Wildman–Crippen MR) is 136 cm³/mol. The van der Waals surface area contributed by atoms with Crippen molar-refractivity contribution in [1.29, 1.82) is 0 Å². The molecule has 3 amide bonds. The van der Waals surface area contributed by atoms with Crippen molar-refractivity contribution in [1.82, 2.24) is 15.5 Å². The second kappa shape index (κ2) is 12.8. The molecule has 0 aromatic heterocycles. The van der Waals surface area contributed by atoms with E-state index in [1.54, 1.807) is 39.0 Å². The Kier molecular flexibility index (Phi) is 10.4. The fourth-order valence-corrected chi connectivity index (χ4v) is 4.43. The Balaban J connectivity index is 2.41. The van der Waals surface area contributed by atoms with Gasteiger partial charge in [-0.05, 0) is 52.0 Å². The number of nitrogens with zero attached hydrogens (tertiary/aromatic N) is 1. The van der Waals surface area contributed by atoms with Gasteiger partial charge in [-0.25, -0.2) is 4.79 Å². The van der Waals surface area contributed by atoms with Crippen molar-refractivity contribution < 1.29 is 24.2 Å². The number of benzene rings is 1. The second-order valence-electron chi connectivity index (χ2n) is 10.7. The van der Waals surface area contributed by atoms with E-state index in [2.05, 4.69) is 10.6 Å². The fraction of sp³-hybridized carbons (Fsp3) is 0.667. The maximum Gasteiger partial charge on any atom is 0.408 e. The highest BCUT2D eigenvalue weighted by atomic mass is 16.6. The Hall–Kier alpha value is -2.77. The molecule has 0 spiro atoms. The third kappa shape index (κ3) is 8.44. The van der Waals surface area contributed by atoms with E-state index in [-0.39, 0.29) is 36.1 Å². The number of phenols is 1. The van der Waals surface area contributed by atoms with Gasteiger partial charge in [-0.2, -0.15) is 0 Å². The van der Waals surface area contributed by atoms with Gasteiger partial charge in [-0.3, -0.25) is 9.59 Å². The van der Waals surface area contributed by atoms with Crippen molar-refractivity contribution in [2.45, 2.75) is 104 Å². The van der Waals surface area contributed by atoms with Crippen LogP contribution in [0.15, 0.2) is 24.3 Å². The van der Waals surface area contributed by atoms with Gasteiger partial charge < -0.3 is 25.4 Å². The van der Waals surface area contributed by atoms with Crippen LogP contribution in [0.3, 0.4) is 0 Å². The van der Waals surface area contributed by atoms with E-state index in [1.165, 1.54) is 11.0 Å². The molecule has 35 heavy (non-hydrogen) atoms. The molecule has 2 unspecified atom stereocenters. The molecule has 2 atom stereocenters. The SMILES string of the molecule is CCCN(C(=O)C(NC(=O)OC(C)(C)C)C(C)C)C(C(=O)NC1CCCCC1)c1ccccc1O. The van der Waals surface area contributed by atoms with Crippen LogP contribution in [0.25, 0.3) is 0 Å². The first-order chi connectivity index (χ1) is 16.4. The van der Waals surface area contributed by atoms with Crippen LogP contribution < -0.4 is 10.6 Å². The molecule has 8 heteroatoms. The van der Waals surface area contributed by atoms with Crippen molar-refractivity contribution in [2.75, 3.05) is 6.54 Å². The Morgan fingerprint density at radius 3 is 2.29 bits per heavy atom. The summed E-state index contributed by atoms with van der Waals surface area (Å²) in [6, 6.07) is 4.74. The summed E-state index contributed by atoms with van der Waals surface area (Å²) in [4.78, 5) is 41.6. The van der Waals surface area contributed by atoms with Crippen molar-refractivity contribution in [3.8, 4) is 5.75 Å². The third-order valence-corrected chi connectivity index (χ3v) is 6.10. The standard InChI is InChI=1S/C27H43N3O5/c1-7-17-30(25(33)22(18(2)3)29-26(34)35-27(4,5)6)23(20-15-11-12-16-21(20)31)24(32)28-19-13-9-8-10-14-19/h11-12,15-16,18-19,22-23,31H,7-10,13-14,17H2,1-6H3,(H,28,32)(H,29,34). The fourth-order valence-electron chi connectivity index (χ4n) is 4.43. The number of carbonyl (C=O) groups excluding carboxylic acids is 3. The van der Waals surface area contributed by atoms with Crippen LogP contribution in [-0.4, -0.2) is 52.1 Å². The second-order valence-corrected chi connectivity index (χ2v) is 10.7. The highest BCUT2D eigenvalue weighted by Crippen LogP contribution is 2.31. The number of hydrogen-bond donors (Lipinski definition) is 3. The van der Waals surface area contributed by atoms with Crippen LogP contribution >= 0.6 is 0 Å². The Bertz CT molecular complexity index is 859. The monoisotopic (exact) mass is 489 g/mol.